The minimum absolute atomic E-state index is 0.300. The third kappa shape index (κ3) is 3.67. The van der Waals surface area contributed by atoms with E-state index in [-0.39, 0.29) is 11.7 Å². The number of amides is 1. The third-order valence-corrected chi connectivity index (χ3v) is 4.18. The molecular formula is C16H11ClFN3OS. The van der Waals surface area contributed by atoms with Gasteiger partial charge in [0.05, 0.1) is 11.4 Å². The van der Waals surface area contributed by atoms with Gasteiger partial charge in [0, 0.05) is 16.0 Å². The smallest absolute Gasteiger partial charge is 0.298 e. The summed E-state index contributed by atoms with van der Waals surface area (Å²) in [5.41, 5.74) is 7.21. The van der Waals surface area contributed by atoms with E-state index in [0.29, 0.717) is 21.4 Å². The molecule has 4 nitrogen and oxygen atoms in total. The zero-order valence-corrected chi connectivity index (χ0v) is 13.3. The average Bonchev–Trinajstić information content (AvgIpc) is 3.04. The van der Waals surface area contributed by atoms with Gasteiger partial charge in [0.2, 0.25) is 0 Å². The van der Waals surface area contributed by atoms with Gasteiger partial charge in [-0.25, -0.2) is 9.37 Å². The number of carbonyl (C=O) groups excluding carboxylic acids is 1. The van der Waals surface area contributed by atoms with Gasteiger partial charge in [0.15, 0.2) is 5.01 Å². The molecule has 1 aromatic heterocycles. The molecule has 0 saturated heterocycles. The maximum Gasteiger partial charge on any atom is 0.298 e. The molecule has 0 aliphatic rings. The van der Waals surface area contributed by atoms with Crippen molar-refractivity contribution in [3.05, 3.63) is 69.8 Å². The van der Waals surface area contributed by atoms with E-state index in [2.05, 4.69) is 15.8 Å². The first-order chi connectivity index (χ1) is 11.1. The third-order valence-electron chi connectivity index (χ3n) is 3.01. The Hall–Kier alpha value is -2.44. The van der Waals surface area contributed by atoms with Crippen LogP contribution < -0.4 is 10.9 Å². The summed E-state index contributed by atoms with van der Waals surface area (Å²) in [6.45, 7) is 0. The van der Waals surface area contributed by atoms with Gasteiger partial charge in [0.25, 0.3) is 5.91 Å². The molecule has 3 aromatic rings. The summed E-state index contributed by atoms with van der Waals surface area (Å²) in [5.74, 6) is -0.719. The van der Waals surface area contributed by atoms with Crippen LogP contribution in [-0.2, 0) is 0 Å². The standard InChI is InChI=1S/C16H11ClFN3OS/c17-13-4-2-1-3-12(13)14-9-23-16(19-14)15(22)21-20-11-7-5-10(18)6-8-11/h1-9,20H,(H,21,22). The molecular weight excluding hydrogens is 337 g/mol. The van der Waals surface area contributed by atoms with Gasteiger partial charge < -0.3 is 0 Å². The van der Waals surface area contributed by atoms with Gasteiger partial charge in [-0.3, -0.25) is 15.6 Å². The van der Waals surface area contributed by atoms with Crippen molar-refractivity contribution in [3.8, 4) is 11.3 Å². The Bertz CT molecular complexity index is 835. The van der Waals surface area contributed by atoms with E-state index in [1.807, 2.05) is 18.2 Å². The topological polar surface area (TPSA) is 54.0 Å². The highest BCUT2D eigenvalue weighted by Crippen LogP contribution is 2.28. The molecule has 0 fully saturated rings. The molecule has 0 aliphatic heterocycles. The van der Waals surface area contributed by atoms with Crippen molar-refractivity contribution in [1.29, 1.82) is 0 Å². The molecule has 7 heteroatoms. The van der Waals surface area contributed by atoms with E-state index in [1.165, 1.54) is 35.6 Å². The van der Waals surface area contributed by atoms with E-state index in [9.17, 15) is 9.18 Å². The van der Waals surface area contributed by atoms with Crippen LogP contribution in [0.4, 0.5) is 10.1 Å². The maximum absolute atomic E-state index is 12.8. The summed E-state index contributed by atoms with van der Waals surface area (Å²) in [6, 6.07) is 12.9. The number of nitrogens with zero attached hydrogens (tertiary/aromatic N) is 1. The van der Waals surface area contributed by atoms with E-state index in [1.54, 1.807) is 11.4 Å². The molecule has 3 rings (SSSR count). The summed E-state index contributed by atoms with van der Waals surface area (Å²) in [7, 11) is 0. The largest absolute Gasteiger partial charge is 0.298 e. The van der Waals surface area contributed by atoms with Crippen LogP contribution >= 0.6 is 22.9 Å². The lowest BCUT2D eigenvalue weighted by Gasteiger charge is -2.06. The molecule has 0 saturated carbocycles. The van der Waals surface area contributed by atoms with Crippen molar-refractivity contribution in [2.45, 2.75) is 0 Å². The van der Waals surface area contributed by atoms with Crippen LogP contribution in [0.3, 0.4) is 0 Å². The molecule has 0 radical (unpaired) electrons. The number of hydrogen-bond donors (Lipinski definition) is 2. The highest BCUT2D eigenvalue weighted by atomic mass is 35.5. The lowest BCUT2D eigenvalue weighted by Crippen LogP contribution is -2.29. The first-order valence-electron chi connectivity index (χ1n) is 6.66. The van der Waals surface area contributed by atoms with E-state index in [4.69, 9.17) is 11.6 Å². The second kappa shape index (κ2) is 6.76. The van der Waals surface area contributed by atoms with E-state index < -0.39 is 0 Å². The number of carbonyl (C=O) groups is 1. The number of thiazole rings is 1. The SMILES string of the molecule is O=C(NNc1ccc(F)cc1)c1nc(-c2ccccc2Cl)cs1. The van der Waals surface area contributed by atoms with Gasteiger partial charge in [-0.2, -0.15) is 0 Å². The number of benzene rings is 2. The fraction of sp³-hybridized carbons (Fsp3) is 0. The molecule has 2 N–H and O–H groups in total. The number of nitrogens with one attached hydrogen (secondary N) is 2. The van der Waals surface area contributed by atoms with Crippen molar-refractivity contribution in [1.82, 2.24) is 10.4 Å². The van der Waals surface area contributed by atoms with E-state index in [0.717, 1.165) is 5.56 Å². The monoisotopic (exact) mass is 347 g/mol. The normalized spacial score (nSPS) is 10.3. The number of aromatic nitrogens is 1. The number of hydrogen-bond acceptors (Lipinski definition) is 4. The minimum Gasteiger partial charge on any atom is -0.298 e. The first-order valence-corrected chi connectivity index (χ1v) is 7.91. The van der Waals surface area contributed by atoms with Crippen LogP contribution in [0, 0.1) is 5.82 Å². The predicted molar refractivity (Wildman–Crippen MR) is 90.0 cm³/mol. The van der Waals surface area contributed by atoms with Crippen LogP contribution in [0.25, 0.3) is 11.3 Å². The molecule has 0 atom stereocenters. The molecule has 1 amide bonds. The Morgan fingerprint density at radius 3 is 2.61 bits per heavy atom. The molecule has 0 spiro atoms. The van der Waals surface area contributed by atoms with Gasteiger partial charge in [-0.05, 0) is 30.3 Å². The first kappa shape index (κ1) is 15.5. The maximum atomic E-state index is 12.8. The summed E-state index contributed by atoms with van der Waals surface area (Å²) in [4.78, 5) is 16.4. The van der Waals surface area contributed by atoms with Crippen molar-refractivity contribution >= 4 is 34.5 Å². The van der Waals surface area contributed by atoms with Gasteiger partial charge in [0.1, 0.15) is 5.82 Å². The summed E-state index contributed by atoms with van der Waals surface area (Å²) in [5, 5.41) is 2.65. The Labute approximate surface area is 140 Å². The predicted octanol–water partition coefficient (Wildman–Crippen LogP) is 4.36. The molecule has 23 heavy (non-hydrogen) atoms. The van der Waals surface area contributed by atoms with Crippen LogP contribution in [0.2, 0.25) is 5.02 Å². The highest BCUT2D eigenvalue weighted by molar-refractivity contribution is 7.12. The number of anilines is 1. The Balaban J connectivity index is 1.69. The lowest BCUT2D eigenvalue weighted by atomic mass is 10.2. The van der Waals surface area contributed by atoms with Crippen LogP contribution in [0.15, 0.2) is 53.9 Å². The van der Waals surface area contributed by atoms with Gasteiger partial charge in [-0.1, -0.05) is 29.8 Å². The fourth-order valence-corrected chi connectivity index (χ4v) is 2.83. The molecule has 1 heterocycles. The summed E-state index contributed by atoms with van der Waals surface area (Å²) in [6.07, 6.45) is 0. The van der Waals surface area contributed by atoms with Crippen molar-refractivity contribution in [3.63, 3.8) is 0 Å². The van der Waals surface area contributed by atoms with Crippen LogP contribution in [0.5, 0.6) is 0 Å². The molecule has 0 bridgehead atoms. The van der Waals surface area contributed by atoms with E-state index >= 15 is 0 Å². The fourth-order valence-electron chi connectivity index (χ4n) is 1.89. The quantitative estimate of drug-likeness (QED) is 0.689. The zero-order valence-electron chi connectivity index (χ0n) is 11.7. The Morgan fingerprint density at radius 1 is 1.13 bits per heavy atom. The lowest BCUT2D eigenvalue weighted by molar-refractivity contribution is 0.0962. The number of halogens is 2. The Morgan fingerprint density at radius 2 is 1.87 bits per heavy atom. The van der Waals surface area contributed by atoms with Crippen molar-refractivity contribution in [2.24, 2.45) is 0 Å². The minimum atomic E-state index is -0.377. The molecule has 0 unspecified atom stereocenters. The van der Waals surface area contributed by atoms with Gasteiger partial charge >= 0.3 is 0 Å². The van der Waals surface area contributed by atoms with Crippen molar-refractivity contribution < 1.29 is 9.18 Å². The average molecular weight is 348 g/mol. The van der Waals surface area contributed by atoms with Crippen LogP contribution in [-0.4, -0.2) is 10.9 Å². The zero-order chi connectivity index (χ0) is 16.2. The second-order valence-electron chi connectivity index (χ2n) is 4.60. The number of rotatable bonds is 4. The second-order valence-corrected chi connectivity index (χ2v) is 5.87. The Kier molecular flexibility index (Phi) is 4.55. The molecule has 0 aliphatic carbocycles. The highest BCUT2D eigenvalue weighted by Gasteiger charge is 2.13. The number of hydrazine groups is 1. The van der Waals surface area contributed by atoms with Crippen LogP contribution in [0.1, 0.15) is 9.80 Å². The molecule has 2 aromatic carbocycles. The summed E-state index contributed by atoms with van der Waals surface area (Å²) >= 11 is 7.34. The van der Waals surface area contributed by atoms with Gasteiger partial charge in [-0.15, -0.1) is 11.3 Å². The van der Waals surface area contributed by atoms with Crippen molar-refractivity contribution in [2.75, 3.05) is 5.43 Å². The summed E-state index contributed by atoms with van der Waals surface area (Å²) < 4.78 is 12.8. The molecule has 116 valence electrons.